The maximum atomic E-state index is 13.1. The molecule has 0 aliphatic carbocycles. The number of rotatable bonds is 4. The number of fused-ring (bicyclic) bond motifs is 1. The summed E-state index contributed by atoms with van der Waals surface area (Å²) in [5.41, 5.74) is 1.97. The van der Waals surface area contributed by atoms with Crippen molar-refractivity contribution in [3.05, 3.63) is 28.7 Å². The van der Waals surface area contributed by atoms with Crippen molar-refractivity contribution in [1.29, 1.82) is 0 Å². The molecule has 0 bridgehead atoms. The van der Waals surface area contributed by atoms with Gasteiger partial charge in [-0.05, 0) is 25.7 Å². The van der Waals surface area contributed by atoms with Crippen LogP contribution in [0.15, 0.2) is 0 Å². The lowest BCUT2D eigenvalue weighted by atomic mass is 9.99. The van der Waals surface area contributed by atoms with Crippen LogP contribution in [0.5, 0.6) is 0 Å². The maximum Gasteiger partial charge on any atom is 0.451 e. The second-order valence-electron chi connectivity index (χ2n) is 8.08. The zero-order valence-corrected chi connectivity index (χ0v) is 16.8. The van der Waals surface area contributed by atoms with E-state index in [2.05, 4.69) is 10.2 Å². The van der Waals surface area contributed by atoms with Gasteiger partial charge in [-0.3, -0.25) is 0 Å². The molecule has 0 unspecified atom stereocenters. The standard InChI is InChI=1S/C19H25F3N6O/c1-11(2)16-23-14(8-13-4-7-29-10-13)12(3)17(24-16)27-5-6-28-15(9-27)25-26-18(28)19(20,21)22/h11,13H,4-10H2,1-3H3/t13-/m0/s1. The topological polar surface area (TPSA) is 69.0 Å². The summed E-state index contributed by atoms with van der Waals surface area (Å²) in [6.45, 7) is 8.41. The summed E-state index contributed by atoms with van der Waals surface area (Å²) in [5, 5.41) is 7.15. The van der Waals surface area contributed by atoms with Crippen molar-refractivity contribution in [2.75, 3.05) is 24.7 Å². The molecule has 0 spiro atoms. The van der Waals surface area contributed by atoms with Crippen molar-refractivity contribution in [1.82, 2.24) is 24.7 Å². The van der Waals surface area contributed by atoms with E-state index in [0.29, 0.717) is 18.3 Å². The van der Waals surface area contributed by atoms with Crippen LogP contribution >= 0.6 is 0 Å². The highest BCUT2D eigenvalue weighted by Gasteiger charge is 2.39. The largest absolute Gasteiger partial charge is 0.451 e. The van der Waals surface area contributed by atoms with Crippen LogP contribution in [-0.4, -0.2) is 44.5 Å². The van der Waals surface area contributed by atoms with Crippen molar-refractivity contribution in [2.24, 2.45) is 5.92 Å². The number of alkyl halides is 3. The molecule has 4 rings (SSSR count). The first kappa shape index (κ1) is 20.1. The predicted molar refractivity (Wildman–Crippen MR) is 99.6 cm³/mol. The van der Waals surface area contributed by atoms with E-state index in [-0.39, 0.29) is 19.0 Å². The fourth-order valence-corrected chi connectivity index (χ4v) is 3.90. The molecular weight excluding hydrogens is 385 g/mol. The van der Waals surface area contributed by atoms with Crippen LogP contribution in [0.25, 0.3) is 0 Å². The highest BCUT2D eigenvalue weighted by molar-refractivity contribution is 5.49. The molecule has 1 saturated heterocycles. The highest BCUT2D eigenvalue weighted by atomic mass is 19.4. The van der Waals surface area contributed by atoms with E-state index in [9.17, 15) is 13.2 Å². The molecule has 0 amide bonds. The monoisotopic (exact) mass is 410 g/mol. The van der Waals surface area contributed by atoms with Crippen molar-refractivity contribution in [2.45, 2.75) is 58.8 Å². The van der Waals surface area contributed by atoms with E-state index in [1.165, 1.54) is 0 Å². The van der Waals surface area contributed by atoms with Gasteiger partial charge in [0.1, 0.15) is 11.6 Å². The Hall–Kier alpha value is -2.23. The molecule has 0 N–H and O–H groups in total. The molecule has 158 valence electrons. The summed E-state index contributed by atoms with van der Waals surface area (Å²) < 4.78 is 46.0. The van der Waals surface area contributed by atoms with E-state index in [4.69, 9.17) is 14.7 Å². The van der Waals surface area contributed by atoms with E-state index in [0.717, 1.165) is 53.5 Å². The number of nitrogens with zero attached hydrogens (tertiary/aromatic N) is 6. The van der Waals surface area contributed by atoms with Crippen LogP contribution in [0.3, 0.4) is 0 Å². The quantitative estimate of drug-likeness (QED) is 0.772. The number of hydrogen-bond acceptors (Lipinski definition) is 6. The number of halogens is 3. The molecule has 0 aromatic carbocycles. The average Bonchev–Trinajstić information content (AvgIpc) is 3.31. The van der Waals surface area contributed by atoms with E-state index >= 15 is 0 Å². The second kappa shape index (κ2) is 7.55. The van der Waals surface area contributed by atoms with Gasteiger partial charge in [-0.1, -0.05) is 13.8 Å². The number of anilines is 1. The summed E-state index contributed by atoms with van der Waals surface area (Å²) >= 11 is 0. The summed E-state index contributed by atoms with van der Waals surface area (Å²) in [6.07, 6.45) is -2.66. The Morgan fingerprint density at radius 3 is 2.62 bits per heavy atom. The van der Waals surface area contributed by atoms with Crippen molar-refractivity contribution in [3.8, 4) is 0 Å². The average molecular weight is 410 g/mol. The van der Waals surface area contributed by atoms with Gasteiger partial charge < -0.3 is 14.2 Å². The zero-order valence-electron chi connectivity index (χ0n) is 16.8. The lowest BCUT2D eigenvalue weighted by Crippen LogP contribution is -2.36. The normalized spacial score (nSPS) is 19.8. The molecule has 2 aliphatic heterocycles. The van der Waals surface area contributed by atoms with Gasteiger partial charge in [0, 0.05) is 43.5 Å². The Bertz CT molecular complexity index is 889. The zero-order chi connectivity index (χ0) is 20.8. The molecule has 29 heavy (non-hydrogen) atoms. The van der Waals surface area contributed by atoms with Gasteiger partial charge in [-0.15, -0.1) is 10.2 Å². The lowest BCUT2D eigenvalue weighted by Gasteiger charge is -2.31. The third kappa shape index (κ3) is 3.94. The first-order chi connectivity index (χ1) is 13.7. The maximum absolute atomic E-state index is 13.1. The second-order valence-corrected chi connectivity index (χ2v) is 8.08. The van der Waals surface area contributed by atoms with Crippen molar-refractivity contribution in [3.63, 3.8) is 0 Å². The molecule has 10 heteroatoms. The fraction of sp³-hybridized carbons (Fsp3) is 0.684. The Morgan fingerprint density at radius 1 is 1.17 bits per heavy atom. The predicted octanol–water partition coefficient (Wildman–Crippen LogP) is 3.12. The van der Waals surface area contributed by atoms with Crippen molar-refractivity contribution >= 4 is 5.82 Å². The SMILES string of the molecule is Cc1c(C[C@@H]2CCOC2)nc(C(C)C)nc1N1CCn2c(nnc2C(F)(F)F)C1. The minimum Gasteiger partial charge on any atom is -0.381 e. The molecule has 2 aliphatic rings. The summed E-state index contributed by atoms with van der Waals surface area (Å²) in [4.78, 5) is 11.5. The summed E-state index contributed by atoms with van der Waals surface area (Å²) in [6, 6.07) is 0. The summed E-state index contributed by atoms with van der Waals surface area (Å²) in [7, 11) is 0. The number of ether oxygens (including phenoxy) is 1. The molecule has 0 saturated carbocycles. The van der Waals surface area contributed by atoms with E-state index < -0.39 is 12.0 Å². The van der Waals surface area contributed by atoms with Gasteiger partial charge in [0.05, 0.1) is 6.54 Å². The van der Waals surface area contributed by atoms with Gasteiger partial charge in [-0.25, -0.2) is 9.97 Å². The third-order valence-electron chi connectivity index (χ3n) is 5.57. The Balaban J connectivity index is 1.65. The van der Waals surface area contributed by atoms with E-state index in [1.54, 1.807) is 0 Å². The number of aromatic nitrogens is 5. The van der Waals surface area contributed by atoms with Gasteiger partial charge in [0.2, 0.25) is 5.82 Å². The minimum atomic E-state index is -4.50. The Labute approximate surface area is 167 Å². The van der Waals surface area contributed by atoms with E-state index in [1.807, 2.05) is 25.7 Å². The highest BCUT2D eigenvalue weighted by Crippen LogP contribution is 2.32. The summed E-state index contributed by atoms with van der Waals surface area (Å²) in [5.74, 6) is 1.49. The molecule has 2 aromatic heterocycles. The van der Waals surface area contributed by atoms with Crippen LogP contribution in [0.4, 0.5) is 19.0 Å². The van der Waals surface area contributed by atoms with Crippen LogP contribution in [0.2, 0.25) is 0 Å². The van der Waals surface area contributed by atoms with Gasteiger partial charge in [0.15, 0.2) is 5.82 Å². The van der Waals surface area contributed by atoms with Crippen LogP contribution in [-0.2, 0) is 30.4 Å². The molecular formula is C19H25F3N6O. The fourth-order valence-electron chi connectivity index (χ4n) is 3.90. The lowest BCUT2D eigenvalue weighted by molar-refractivity contribution is -0.147. The van der Waals surface area contributed by atoms with Crippen molar-refractivity contribution < 1.29 is 17.9 Å². The molecule has 1 atom stereocenters. The van der Waals surface area contributed by atoms with Crippen LogP contribution in [0.1, 0.15) is 54.9 Å². The molecule has 2 aromatic rings. The molecule has 1 fully saturated rings. The van der Waals surface area contributed by atoms with Gasteiger partial charge in [-0.2, -0.15) is 13.2 Å². The van der Waals surface area contributed by atoms with Gasteiger partial charge in [0.25, 0.3) is 0 Å². The van der Waals surface area contributed by atoms with Crippen LogP contribution in [0, 0.1) is 12.8 Å². The Kier molecular flexibility index (Phi) is 5.22. The van der Waals surface area contributed by atoms with Crippen LogP contribution < -0.4 is 4.90 Å². The molecule has 7 nitrogen and oxygen atoms in total. The van der Waals surface area contributed by atoms with Gasteiger partial charge >= 0.3 is 6.18 Å². The third-order valence-corrected chi connectivity index (χ3v) is 5.57. The smallest absolute Gasteiger partial charge is 0.381 e. The minimum absolute atomic E-state index is 0.151. The molecule has 0 radical (unpaired) electrons. The Morgan fingerprint density at radius 2 is 1.97 bits per heavy atom. The number of hydrogen-bond donors (Lipinski definition) is 0. The molecule has 4 heterocycles. The first-order valence-electron chi connectivity index (χ1n) is 9.93. The first-order valence-corrected chi connectivity index (χ1v) is 9.93.